The highest BCUT2D eigenvalue weighted by Crippen LogP contribution is 2.18. The monoisotopic (exact) mass is 309 g/mol. The van der Waals surface area contributed by atoms with Crippen LogP contribution in [0.1, 0.15) is 48.7 Å². The highest BCUT2D eigenvalue weighted by Gasteiger charge is 2.17. The van der Waals surface area contributed by atoms with Crippen LogP contribution in [-0.2, 0) is 11.2 Å². The van der Waals surface area contributed by atoms with Crippen LogP contribution >= 0.6 is 0 Å². The second kappa shape index (κ2) is 9.78. The minimum absolute atomic E-state index is 0.219. The van der Waals surface area contributed by atoms with Crippen molar-refractivity contribution in [2.24, 2.45) is 0 Å². The molecule has 0 atom stereocenters. The molecule has 0 aliphatic rings. The van der Waals surface area contributed by atoms with Gasteiger partial charge in [0.2, 0.25) is 0 Å². The smallest absolute Gasteiger partial charge is 0.350 e. The molecule has 1 heterocycles. The summed E-state index contributed by atoms with van der Waals surface area (Å²) in [5.74, 6) is -0.289. The van der Waals surface area contributed by atoms with Crippen molar-refractivity contribution in [3.8, 4) is 5.75 Å². The SMILES string of the molecule is CCCC(=O)c1c(O)cc(CCC/C=C/NCOC)oc1=O. The Morgan fingerprint density at radius 3 is 2.91 bits per heavy atom. The van der Waals surface area contributed by atoms with E-state index in [0.29, 0.717) is 25.3 Å². The number of ketones is 1. The van der Waals surface area contributed by atoms with E-state index in [0.717, 1.165) is 12.8 Å². The molecule has 22 heavy (non-hydrogen) atoms. The van der Waals surface area contributed by atoms with E-state index in [2.05, 4.69) is 5.32 Å². The molecule has 0 saturated heterocycles. The first kappa shape index (κ1) is 18.0. The van der Waals surface area contributed by atoms with Crippen molar-refractivity contribution >= 4 is 5.78 Å². The Morgan fingerprint density at radius 2 is 2.27 bits per heavy atom. The molecule has 6 nitrogen and oxygen atoms in total. The van der Waals surface area contributed by atoms with Crippen molar-refractivity contribution in [2.45, 2.75) is 39.0 Å². The van der Waals surface area contributed by atoms with Crippen LogP contribution < -0.4 is 10.9 Å². The van der Waals surface area contributed by atoms with Crippen LogP contribution in [0, 0.1) is 0 Å². The van der Waals surface area contributed by atoms with Gasteiger partial charge in [-0.3, -0.25) is 4.79 Å². The zero-order valence-corrected chi connectivity index (χ0v) is 13.1. The van der Waals surface area contributed by atoms with Crippen molar-refractivity contribution in [1.29, 1.82) is 0 Å². The number of methoxy groups -OCH3 is 1. The number of Topliss-reactive ketones (excluding diaryl/α,β-unsaturated/α-hetero) is 1. The van der Waals surface area contributed by atoms with Crippen molar-refractivity contribution in [3.05, 3.63) is 40.1 Å². The molecule has 0 unspecified atom stereocenters. The molecule has 2 N–H and O–H groups in total. The van der Waals surface area contributed by atoms with Gasteiger partial charge >= 0.3 is 5.63 Å². The first-order valence-corrected chi connectivity index (χ1v) is 7.36. The lowest BCUT2D eigenvalue weighted by molar-refractivity contribution is 0.0974. The molecular formula is C16H23NO5. The average molecular weight is 309 g/mol. The normalized spacial score (nSPS) is 11.0. The quantitative estimate of drug-likeness (QED) is 0.392. The van der Waals surface area contributed by atoms with E-state index in [1.807, 2.05) is 13.0 Å². The fourth-order valence-corrected chi connectivity index (χ4v) is 1.95. The Balaban J connectivity index is 2.58. The van der Waals surface area contributed by atoms with Crippen molar-refractivity contribution in [2.75, 3.05) is 13.8 Å². The number of hydrogen-bond donors (Lipinski definition) is 2. The summed E-state index contributed by atoms with van der Waals surface area (Å²) in [7, 11) is 1.60. The van der Waals surface area contributed by atoms with Crippen LogP contribution in [0.2, 0.25) is 0 Å². The zero-order chi connectivity index (χ0) is 16.4. The van der Waals surface area contributed by atoms with Crippen LogP contribution in [0.3, 0.4) is 0 Å². The molecule has 0 amide bonds. The van der Waals surface area contributed by atoms with Crippen LogP contribution in [0.4, 0.5) is 0 Å². The fraction of sp³-hybridized carbons (Fsp3) is 0.500. The zero-order valence-electron chi connectivity index (χ0n) is 13.1. The number of nitrogens with one attached hydrogen (secondary N) is 1. The van der Waals surface area contributed by atoms with E-state index in [1.165, 1.54) is 6.07 Å². The van der Waals surface area contributed by atoms with E-state index in [-0.39, 0.29) is 23.5 Å². The van der Waals surface area contributed by atoms with E-state index in [1.54, 1.807) is 13.3 Å². The molecule has 0 fully saturated rings. The minimum atomic E-state index is -0.759. The fourth-order valence-electron chi connectivity index (χ4n) is 1.95. The number of ether oxygens (including phenoxy) is 1. The summed E-state index contributed by atoms with van der Waals surface area (Å²) in [5.41, 5.74) is -1.000. The van der Waals surface area contributed by atoms with Crippen molar-refractivity contribution in [1.82, 2.24) is 5.32 Å². The largest absolute Gasteiger partial charge is 0.507 e. The van der Waals surface area contributed by atoms with E-state index >= 15 is 0 Å². The maximum absolute atomic E-state index is 11.8. The second-order valence-corrected chi connectivity index (χ2v) is 4.87. The third-order valence-corrected chi connectivity index (χ3v) is 3.00. The third-order valence-electron chi connectivity index (χ3n) is 3.00. The van der Waals surface area contributed by atoms with E-state index < -0.39 is 5.63 Å². The molecule has 6 heteroatoms. The lowest BCUT2D eigenvalue weighted by atomic mass is 10.1. The highest BCUT2D eigenvalue weighted by atomic mass is 16.5. The van der Waals surface area contributed by atoms with Crippen LogP contribution in [0.5, 0.6) is 5.75 Å². The Morgan fingerprint density at radius 1 is 1.50 bits per heavy atom. The molecule has 122 valence electrons. The Labute approximate surface area is 129 Å². The Kier molecular flexibility index (Phi) is 7.99. The Hall–Kier alpha value is -2.08. The van der Waals surface area contributed by atoms with E-state index in [4.69, 9.17) is 9.15 Å². The number of hydrogen-bond acceptors (Lipinski definition) is 6. The molecule has 1 aromatic heterocycles. The van der Waals surface area contributed by atoms with Gasteiger partial charge in [-0.05, 0) is 25.5 Å². The Bertz CT molecular complexity index is 562. The summed E-state index contributed by atoms with van der Waals surface area (Å²) in [6, 6.07) is 1.36. The molecule has 0 aromatic carbocycles. The molecular weight excluding hydrogens is 286 g/mol. The van der Waals surface area contributed by atoms with Gasteiger partial charge in [-0.2, -0.15) is 0 Å². The average Bonchev–Trinajstić information content (AvgIpc) is 2.46. The first-order chi connectivity index (χ1) is 10.6. The second-order valence-electron chi connectivity index (χ2n) is 4.87. The number of aryl methyl sites for hydroxylation is 1. The molecule has 0 spiro atoms. The van der Waals surface area contributed by atoms with Gasteiger partial charge in [0.15, 0.2) is 5.78 Å². The number of unbranched alkanes of at least 4 members (excludes halogenated alkanes) is 1. The number of carbonyl (C=O) groups is 1. The maximum atomic E-state index is 11.8. The predicted molar refractivity (Wildman–Crippen MR) is 83.0 cm³/mol. The standard InChI is InChI=1S/C16H23NO5/c1-3-7-13(18)15-14(19)10-12(22-16(15)20)8-5-4-6-9-17-11-21-2/h6,9-10,17,19H,3-5,7-8,11H2,1-2H3/b9-6+. The van der Waals surface area contributed by atoms with Gasteiger partial charge in [-0.15, -0.1) is 0 Å². The highest BCUT2D eigenvalue weighted by molar-refractivity contribution is 5.97. The summed E-state index contributed by atoms with van der Waals surface area (Å²) < 4.78 is 9.93. The van der Waals surface area contributed by atoms with Crippen LogP contribution in [0.25, 0.3) is 0 Å². The summed E-state index contributed by atoms with van der Waals surface area (Å²) in [4.78, 5) is 23.5. The summed E-state index contributed by atoms with van der Waals surface area (Å²) in [6.45, 7) is 2.28. The lowest BCUT2D eigenvalue weighted by Crippen LogP contribution is -2.15. The number of carbonyl (C=O) groups excluding carboxylic acids is 1. The molecule has 0 radical (unpaired) electrons. The first-order valence-electron chi connectivity index (χ1n) is 7.36. The summed E-state index contributed by atoms with van der Waals surface area (Å²) in [5, 5.41) is 12.8. The molecule has 0 aliphatic carbocycles. The van der Waals surface area contributed by atoms with Gasteiger partial charge in [0.05, 0.1) is 0 Å². The van der Waals surface area contributed by atoms with E-state index in [9.17, 15) is 14.7 Å². The summed E-state index contributed by atoms with van der Waals surface area (Å²) in [6.07, 6.45) is 6.63. The predicted octanol–water partition coefficient (Wildman–Crippen LogP) is 2.36. The molecule has 0 saturated carbocycles. The van der Waals surface area contributed by atoms with Gasteiger partial charge in [-0.25, -0.2) is 4.79 Å². The number of rotatable bonds is 10. The van der Waals surface area contributed by atoms with Gasteiger partial charge < -0.3 is 19.6 Å². The van der Waals surface area contributed by atoms with Gasteiger partial charge in [0.1, 0.15) is 23.8 Å². The molecule has 1 aromatic rings. The van der Waals surface area contributed by atoms with Crippen LogP contribution in [-0.4, -0.2) is 24.7 Å². The third kappa shape index (κ3) is 5.73. The van der Waals surface area contributed by atoms with Crippen molar-refractivity contribution in [3.63, 3.8) is 0 Å². The molecule has 0 bridgehead atoms. The maximum Gasteiger partial charge on any atom is 0.350 e. The van der Waals surface area contributed by atoms with Crippen molar-refractivity contribution < 1.29 is 19.1 Å². The van der Waals surface area contributed by atoms with Crippen LogP contribution in [0.15, 0.2) is 27.6 Å². The number of allylic oxidation sites excluding steroid dienone is 1. The topological polar surface area (TPSA) is 88.8 Å². The van der Waals surface area contributed by atoms with Gasteiger partial charge in [-0.1, -0.05) is 13.0 Å². The molecule has 0 aliphatic heterocycles. The minimum Gasteiger partial charge on any atom is -0.507 e. The number of aromatic hydroxyl groups is 1. The lowest BCUT2D eigenvalue weighted by Gasteiger charge is -2.04. The van der Waals surface area contributed by atoms with Gasteiger partial charge in [0, 0.05) is 26.0 Å². The molecule has 1 rings (SSSR count). The van der Waals surface area contributed by atoms with Gasteiger partial charge in [0.25, 0.3) is 0 Å². The summed E-state index contributed by atoms with van der Waals surface area (Å²) >= 11 is 0.